The molecule has 2 N–H and O–H groups in total. The fourth-order valence-corrected chi connectivity index (χ4v) is 3.88. The third kappa shape index (κ3) is 5.55. The molecule has 1 aromatic carbocycles. The van der Waals surface area contributed by atoms with Crippen molar-refractivity contribution in [1.82, 2.24) is 10.6 Å². The van der Waals surface area contributed by atoms with Crippen LogP contribution in [-0.4, -0.2) is 30.4 Å². The highest BCUT2D eigenvalue weighted by Crippen LogP contribution is 2.36. The molecule has 1 heterocycles. The zero-order valence-corrected chi connectivity index (χ0v) is 16.8. The van der Waals surface area contributed by atoms with Gasteiger partial charge in [0, 0.05) is 23.8 Å². The number of nitrogens with zero attached hydrogens (tertiary/aromatic N) is 1. The molecule has 0 saturated heterocycles. The van der Waals surface area contributed by atoms with Crippen LogP contribution in [0.3, 0.4) is 0 Å². The zero-order chi connectivity index (χ0) is 19.1. The summed E-state index contributed by atoms with van der Waals surface area (Å²) in [7, 11) is 0. The Hall–Kier alpha value is -1.91. The molecule has 1 aromatic rings. The van der Waals surface area contributed by atoms with Crippen molar-refractivity contribution in [3.8, 4) is 6.07 Å². The van der Waals surface area contributed by atoms with E-state index in [9.17, 15) is 14.9 Å². The number of carbonyl (C=O) groups excluding carboxylic acids is 2. The molecular formula is C19H23N3O2S2. The number of rotatable bonds is 7. The zero-order valence-electron chi connectivity index (χ0n) is 15.2. The lowest BCUT2D eigenvalue weighted by Crippen LogP contribution is -2.33. The molecule has 1 aliphatic rings. The van der Waals surface area contributed by atoms with E-state index in [-0.39, 0.29) is 29.9 Å². The van der Waals surface area contributed by atoms with Crippen LogP contribution in [0.2, 0.25) is 0 Å². The summed E-state index contributed by atoms with van der Waals surface area (Å²) < 4.78 is 0. The average molecular weight is 390 g/mol. The molecule has 0 unspecified atom stereocenters. The minimum absolute atomic E-state index is 0.103. The third-order valence-corrected chi connectivity index (χ3v) is 5.69. The van der Waals surface area contributed by atoms with E-state index in [1.807, 2.05) is 44.4 Å². The van der Waals surface area contributed by atoms with Gasteiger partial charge in [0.1, 0.15) is 0 Å². The van der Waals surface area contributed by atoms with Crippen LogP contribution >= 0.6 is 23.5 Å². The van der Waals surface area contributed by atoms with Crippen LogP contribution in [0, 0.1) is 17.2 Å². The summed E-state index contributed by atoms with van der Waals surface area (Å²) in [5.41, 5.74) is 1.46. The van der Waals surface area contributed by atoms with E-state index >= 15 is 0 Å². The predicted octanol–water partition coefficient (Wildman–Crippen LogP) is 3.25. The molecule has 1 aliphatic heterocycles. The van der Waals surface area contributed by atoms with Crippen LogP contribution in [0.15, 0.2) is 39.8 Å². The normalized spacial score (nSPS) is 17.0. The van der Waals surface area contributed by atoms with Crippen LogP contribution in [0.5, 0.6) is 0 Å². The molecule has 5 nitrogen and oxygen atoms in total. The van der Waals surface area contributed by atoms with Gasteiger partial charge in [0.05, 0.1) is 22.4 Å². The molecule has 2 amide bonds. The number of carbonyl (C=O) groups is 2. The molecule has 0 fully saturated rings. The molecule has 1 atom stereocenters. The Labute approximate surface area is 163 Å². The number of nitriles is 1. The van der Waals surface area contributed by atoms with Gasteiger partial charge in [0.2, 0.25) is 11.8 Å². The van der Waals surface area contributed by atoms with E-state index in [0.717, 1.165) is 10.5 Å². The summed E-state index contributed by atoms with van der Waals surface area (Å²) in [6, 6.07) is 10.1. The summed E-state index contributed by atoms with van der Waals surface area (Å²) in [5.74, 6) is 0.0417. The Balaban J connectivity index is 2.16. The van der Waals surface area contributed by atoms with Gasteiger partial charge in [-0.05, 0) is 29.9 Å². The second-order valence-corrected chi connectivity index (χ2v) is 8.28. The average Bonchev–Trinajstić information content (AvgIpc) is 2.64. The quantitative estimate of drug-likeness (QED) is 0.700. The van der Waals surface area contributed by atoms with Crippen LogP contribution in [-0.2, 0) is 9.59 Å². The number of hydrogen-bond acceptors (Lipinski definition) is 5. The maximum atomic E-state index is 12.1. The van der Waals surface area contributed by atoms with E-state index in [2.05, 4.69) is 16.7 Å². The Morgan fingerprint density at radius 2 is 2.08 bits per heavy atom. The lowest BCUT2D eigenvalue weighted by atomic mass is 9.87. The van der Waals surface area contributed by atoms with Crippen LogP contribution in [0.25, 0.3) is 0 Å². The Bertz CT molecular complexity index is 736. The molecule has 2 rings (SSSR count). The largest absolute Gasteiger partial charge is 0.355 e. The number of allylic oxidation sites excluding steroid dienone is 1. The van der Waals surface area contributed by atoms with Gasteiger partial charge >= 0.3 is 0 Å². The van der Waals surface area contributed by atoms with Crippen molar-refractivity contribution in [1.29, 1.82) is 5.26 Å². The fraction of sp³-hybridized carbons (Fsp3) is 0.421. The van der Waals surface area contributed by atoms with Crippen molar-refractivity contribution in [2.75, 3.05) is 18.6 Å². The minimum Gasteiger partial charge on any atom is -0.355 e. The standard InChI is InChI=1S/C19H23N3O2S2/c1-12(2)10-21-18(24)11-26-19-16(9-20)15(8-17(23)22-19)13-4-6-14(25-3)7-5-13/h4-7,12,15H,8,10-11H2,1-3H3,(H,21,24)(H,22,23)/t15-/m1/s1. The molecule has 26 heavy (non-hydrogen) atoms. The first kappa shape index (κ1) is 20.4. The van der Waals surface area contributed by atoms with Crippen LogP contribution in [0.4, 0.5) is 0 Å². The van der Waals surface area contributed by atoms with Gasteiger partial charge in [-0.2, -0.15) is 5.26 Å². The molecule has 0 aromatic heterocycles. The fourth-order valence-electron chi connectivity index (χ4n) is 2.56. The maximum Gasteiger partial charge on any atom is 0.230 e. The van der Waals surface area contributed by atoms with Crippen LogP contribution in [0.1, 0.15) is 31.7 Å². The summed E-state index contributed by atoms with van der Waals surface area (Å²) in [6.45, 7) is 4.66. The summed E-state index contributed by atoms with van der Waals surface area (Å²) >= 11 is 2.85. The highest BCUT2D eigenvalue weighted by atomic mass is 32.2. The number of amides is 2. The molecule has 0 radical (unpaired) electrons. The molecule has 0 aliphatic carbocycles. The van der Waals surface area contributed by atoms with E-state index in [1.165, 1.54) is 11.8 Å². The Kier molecular flexibility index (Phi) is 7.61. The monoisotopic (exact) mass is 389 g/mol. The van der Waals surface area contributed by atoms with E-state index in [0.29, 0.717) is 23.1 Å². The van der Waals surface area contributed by atoms with Crippen molar-refractivity contribution in [2.24, 2.45) is 5.92 Å². The molecule has 0 bridgehead atoms. The molecular weight excluding hydrogens is 366 g/mol. The van der Waals surface area contributed by atoms with E-state index < -0.39 is 0 Å². The predicted molar refractivity (Wildman–Crippen MR) is 107 cm³/mol. The highest BCUT2D eigenvalue weighted by molar-refractivity contribution is 8.03. The smallest absolute Gasteiger partial charge is 0.230 e. The summed E-state index contributed by atoms with van der Waals surface area (Å²) in [4.78, 5) is 25.2. The second kappa shape index (κ2) is 9.70. The van der Waals surface area contributed by atoms with Gasteiger partial charge in [0.25, 0.3) is 0 Å². The van der Waals surface area contributed by atoms with Crippen molar-refractivity contribution < 1.29 is 9.59 Å². The molecule has 7 heteroatoms. The number of benzene rings is 1. The topological polar surface area (TPSA) is 82.0 Å². The van der Waals surface area contributed by atoms with Crippen molar-refractivity contribution in [3.63, 3.8) is 0 Å². The van der Waals surface area contributed by atoms with Crippen LogP contribution < -0.4 is 10.6 Å². The van der Waals surface area contributed by atoms with Crippen molar-refractivity contribution in [2.45, 2.75) is 31.1 Å². The van der Waals surface area contributed by atoms with Gasteiger partial charge in [-0.3, -0.25) is 9.59 Å². The number of thioether (sulfide) groups is 2. The second-order valence-electron chi connectivity index (χ2n) is 6.42. The highest BCUT2D eigenvalue weighted by Gasteiger charge is 2.29. The Morgan fingerprint density at radius 3 is 2.65 bits per heavy atom. The molecule has 0 spiro atoms. The van der Waals surface area contributed by atoms with E-state index in [1.54, 1.807) is 11.8 Å². The third-order valence-electron chi connectivity index (χ3n) is 3.93. The van der Waals surface area contributed by atoms with Gasteiger partial charge in [-0.15, -0.1) is 11.8 Å². The summed E-state index contributed by atoms with van der Waals surface area (Å²) in [6.07, 6.45) is 2.24. The lowest BCUT2D eigenvalue weighted by Gasteiger charge is -2.25. The molecule has 0 saturated carbocycles. The van der Waals surface area contributed by atoms with Crippen molar-refractivity contribution in [3.05, 3.63) is 40.4 Å². The number of nitrogens with one attached hydrogen (secondary N) is 2. The van der Waals surface area contributed by atoms with Gasteiger partial charge in [-0.25, -0.2) is 0 Å². The Morgan fingerprint density at radius 1 is 1.38 bits per heavy atom. The van der Waals surface area contributed by atoms with E-state index in [4.69, 9.17) is 0 Å². The number of hydrogen-bond donors (Lipinski definition) is 2. The first-order chi connectivity index (χ1) is 12.4. The van der Waals surface area contributed by atoms with Gasteiger partial charge in [0.15, 0.2) is 0 Å². The van der Waals surface area contributed by atoms with Gasteiger partial charge in [-0.1, -0.05) is 37.7 Å². The first-order valence-corrected chi connectivity index (χ1v) is 10.6. The SMILES string of the molecule is CSc1ccc([C@H]2CC(=O)NC(SCC(=O)NCC(C)C)=C2C#N)cc1. The summed E-state index contributed by atoms with van der Waals surface area (Å²) in [5, 5.41) is 15.7. The maximum absolute atomic E-state index is 12.1. The first-order valence-electron chi connectivity index (χ1n) is 8.42. The minimum atomic E-state index is -0.272. The lowest BCUT2D eigenvalue weighted by molar-refractivity contribution is -0.121. The van der Waals surface area contributed by atoms with Crippen molar-refractivity contribution >= 4 is 35.3 Å². The van der Waals surface area contributed by atoms with Gasteiger partial charge < -0.3 is 10.6 Å². The molecule has 138 valence electrons.